The monoisotopic (exact) mass is 273 g/mol. The standard InChI is InChI=1S/C14H31NO2Si/c1-13(2,3)18(5,6)17-12-9-14(16-4)7-10-15-11-8-14/h15H,7-12H2,1-6H3. The minimum Gasteiger partial charge on any atom is -0.417 e. The molecule has 108 valence electrons. The molecule has 1 N–H and O–H groups in total. The summed E-state index contributed by atoms with van der Waals surface area (Å²) in [5.41, 5.74) is 0.0492. The van der Waals surface area contributed by atoms with Crippen LogP contribution in [0.1, 0.15) is 40.0 Å². The van der Waals surface area contributed by atoms with Gasteiger partial charge in [-0.15, -0.1) is 0 Å². The molecule has 0 atom stereocenters. The average molecular weight is 273 g/mol. The van der Waals surface area contributed by atoms with Gasteiger partial charge in [0.1, 0.15) is 0 Å². The summed E-state index contributed by atoms with van der Waals surface area (Å²) in [6, 6.07) is 0. The Labute approximate surface area is 114 Å². The third kappa shape index (κ3) is 4.05. The van der Waals surface area contributed by atoms with E-state index in [0.29, 0.717) is 5.04 Å². The lowest BCUT2D eigenvalue weighted by Crippen LogP contribution is -2.46. The first kappa shape index (κ1) is 16.2. The zero-order valence-corrected chi connectivity index (χ0v) is 14.1. The van der Waals surface area contributed by atoms with Gasteiger partial charge < -0.3 is 14.5 Å². The van der Waals surface area contributed by atoms with Crippen molar-refractivity contribution in [1.29, 1.82) is 0 Å². The van der Waals surface area contributed by atoms with Crippen molar-refractivity contribution in [3.8, 4) is 0 Å². The van der Waals surface area contributed by atoms with Crippen LogP contribution in [-0.2, 0) is 9.16 Å². The molecule has 0 spiro atoms. The van der Waals surface area contributed by atoms with Crippen molar-refractivity contribution >= 4 is 8.32 Å². The second-order valence-electron chi connectivity index (χ2n) is 7.00. The number of piperidine rings is 1. The molecule has 0 radical (unpaired) electrons. The molecule has 0 amide bonds. The van der Waals surface area contributed by atoms with Crippen LogP contribution >= 0.6 is 0 Å². The van der Waals surface area contributed by atoms with Crippen molar-refractivity contribution in [3.63, 3.8) is 0 Å². The van der Waals surface area contributed by atoms with Crippen molar-refractivity contribution in [1.82, 2.24) is 5.32 Å². The highest BCUT2D eigenvalue weighted by Crippen LogP contribution is 2.37. The van der Waals surface area contributed by atoms with Crippen molar-refractivity contribution in [2.45, 2.75) is 63.8 Å². The Balaban J connectivity index is 2.45. The lowest BCUT2D eigenvalue weighted by Gasteiger charge is -2.40. The zero-order valence-electron chi connectivity index (χ0n) is 13.1. The molecule has 0 aromatic heterocycles. The highest BCUT2D eigenvalue weighted by atomic mass is 28.4. The molecule has 0 saturated carbocycles. The maximum absolute atomic E-state index is 6.26. The maximum atomic E-state index is 6.26. The topological polar surface area (TPSA) is 30.5 Å². The van der Waals surface area contributed by atoms with E-state index in [4.69, 9.17) is 9.16 Å². The Morgan fingerprint density at radius 1 is 1.17 bits per heavy atom. The fourth-order valence-electron chi connectivity index (χ4n) is 2.15. The van der Waals surface area contributed by atoms with Crippen LogP contribution in [0.3, 0.4) is 0 Å². The Morgan fingerprint density at radius 2 is 1.72 bits per heavy atom. The summed E-state index contributed by atoms with van der Waals surface area (Å²) in [5, 5.41) is 3.69. The molecule has 0 aromatic rings. The highest BCUT2D eigenvalue weighted by molar-refractivity contribution is 6.74. The van der Waals surface area contributed by atoms with E-state index in [0.717, 1.165) is 39.0 Å². The number of nitrogens with one attached hydrogen (secondary N) is 1. The van der Waals surface area contributed by atoms with Crippen LogP contribution in [0.25, 0.3) is 0 Å². The first-order valence-electron chi connectivity index (χ1n) is 7.12. The predicted octanol–water partition coefficient (Wildman–Crippen LogP) is 3.17. The molecule has 1 saturated heterocycles. The van der Waals surface area contributed by atoms with Gasteiger partial charge in [-0.2, -0.15) is 0 Å². The number of rotatable bonds is 5. The summed E-state index contributed by atoms with van der Waals surface area (Å²) in [4.78, 5) is 0. The van der Waals surface area contributed by atoms with Crippen molar-refractivity contribution < 1.29 is 9.16 Å². The summed E-state index contributed by atoms with van der Waals surface area (Å²) in [6.45, 7) is 14.5. The first-order chi connectivity index (χ1) is 8.22. The molecule has 1 aliphatic rings. The van der Waals surface area contributed by atoms with E-state index >= 15 is 0 Å². The van der Waals surface area contributed by atoms with Gasteiger partial charge in [-0.1, -0.05) is 20.8 Å². The SMILES string of the molecule is COC1(CCO[Si](C)(C)C(C)(C)C)CCNCC1. The molecule has 0 aliphatic carbocycles. The molecule has 1 fully saturated rings. The number of hydrogen-bond donors (Lipinski definition) is 1. The third-order valence-electron chi connectivity index (χ3n) is 4.77. The predicted molar refractivity (Wildman–Crippen MR) is 79.6 cm³/mol. The van der Waals surface area contributed by atoms with E-state index in [9.17, 15) is 0 Å². The van der Waals surface area contributed by atoms with Gasteiger partial charge in [0.05, 0.1) is 5.60 Å². The highest BCUT2D eigenvalue weighted by Gasteiger charge is 2.38. The van der Waals surface area contributed by atoms with Crippen LogP contribution in [0.15, 0.2) is 0 Å². The van der Waals surface area contributed by atoms with E-state index < -0.39 is 8.32 Å². The lowest BCUT2D eigenvalue weighted by molar-refractivity contribution is -0.0485. The van der Waals surface area contributed by atoms with Gasteiger partial charge in [0.2, 0.25) is 0 Å². The minimum atomic E-state index is -1.61. The van der Waals surface area contributed by atoms with E-state index in [1.54, 1.807) is 0 Å². The molecule has 0 aromatic carbocycles. The van der Waals surface area contributed by atoms with Crippen molar-refractivity contribution in [2.75, 3.05) is 26.8 Å². The van der Waals surface area contributed by atoms with Crippen LogP contribution in [-0.4, -0.2) is 40.7 Å². The fraction of sp³-hybridized carbons (Fsp3) is 1.00. The summed E-state index contributed by atoms with van der Waals surface area (Å²) in [5.74, 6) is 0. The smallest absolute Gasteiger partial charge is 0.191 e. The van der Waals surface area contributed by atoms with Gasteiger partial charge in [-0.05, 0) is 50.5 Å². The number of ether oxygens (including phenoxy) is 1. The molecular formula is C14H31NO2Si. The van der Waals surface area contributed by atoms with Crippen LogP contribution in [0.5, 0.6) is 0 Å². The molecule has 1 rings (SSSR count). The van der Waals surface area contributed by atoms with Gasteiger partial charge in [0.15, 0.2) is 8.32 Å². The molecule has 0 unspecified atom stereocenters. The van der Waals surface area contributed by atoms with E-state index in [1.807, 2.05) is 7.11 Å². The lowest BCUT2D eigenvalue weighted by atomic mass is 9.89. The van der Waals surface area contributed by atoms with Gasteiger partial charge >= 0.3 is 0 Å². The molecule has 18 heavy (non-hydrogen) atoms. The Kier molecular flexibility index (Phi) is 5.41. The van der Waals surface area contributed by atoms with Gasteiger partial charge in [-0.25, -0.2) is 0 Å². The summed E-state index contributed by atoms with van der Waals surface area (Å²) in [7, 11) is 0.239. The van der Waals surface area contributed by atoms with Crippen LogP contribution in [0.2, 0.25) is 18.1 Å². The number of hydrogen-bond acceptors (Lipinski definition) is 3. The number of methoxy groups -OCH3 is 1. The second-order valence-corrected chi connectivity index (χ2v) is 11.8. The largest absolute Gasteiger partial charge is 0.417 e. The summed E-state index contributed by atoms with van der Waals surface area (Å²) >= 11 is 0. The molecule has 1 aliphatic heterocycles. The molecule has 4 heteroatoms. The summed E-state index contributed by atoms with van der Waals surface area (Å²) < 4.78 is 12.0. The molecular weight excluding hydrogens is 242 g/mol. The third-order valence-corrected chi connectivity index (χ3v) is 9.31. The minimum absolute atomic E-state index is 0.0492. The molecule has 0 bridgehead atoms. The second kappa shape index (κ2) is 6.03. The van der Waals surface area contributed by atoms with Crippen molar-refractivity contribution in [2.24, 2.45) is 0 Å². The van der Waals surface area contributed by atoms with Gasteiger partial charge in [-0.3, -0.25) is 0 Å². The molecule has 1 heterocycles. The quantitative estimate of drug-likeness (QED) is 0.781. The van der Waals surface area contributed by atoms with Crippen molar-refractivity contribution in [3.05, 3.63) is 0 Å². The van der Waals surface area contributed by atoms with Crippen LogP contribution in [0, 0.1) is 0 Å². The Morgan fingerprint density at radius 3 is 2.17 bits per heavy atom. The van der Waals surface area contributed by atoms with Crippen LogP contribution in [0.4, 0.5) is 0 Å². The zero-order chi connectivity index (χ0) is 13.9. The fourth-order valence-corrected chi connectivity index (χ4v) is 3.19. The molecule has 3 nitrogen and oxygen atoms in total. The van der Waals surface area contributed by atoms with E-state index in [-0.39, 0.29) is 5.60 Å². The Bertz CT molecular complexity index is 255. The van der Waals surface area contributed by atoms with E-state index in [2.05, 4.69) is 39.2 Å². The normalized spacial score (nSPS) is 21.0. The van der Waals surface area contributed by atoms with Crippen LogP contribution < -0.4 is 5.32 Å². The average Bonchev–Trinajstić information content (AvgIpc) is 2.28. The first-order valence-corrected chi connectivity index (χ1v) is 10.0. The Hall–Kier alpha value is 0.0969. The summed E-state index contributed by atoms with van der Waals surface area (Å²) in [6.07, 6.45) is 3.23. The van der Waals surface area contributed by atoms with Gasteiger partial charge in [0, 0.05) is 13.7 Å². The van der Waals surface area contributed by atoms with E-state index in [1.165, 1.54) is 0 Å². The van der Waals surface area contributed by atoms with Gasteiger partial charge in [0.25, 0.3) is 0 Å². The maximum Gasteiger partial charge on any atom is 0.191 e.